The number of aromatic nitrogens is 3. The van der Waals surface area contributed by atoms with E-state index < -0.39 is 0 Å². The third-order valence-electron chi connectivity index (χ3n) is 5.21. The molecule has 162 valence electrons. The molecule has 2 aromatic heterocycles. The van der Waals surface area contributed by atoms with E-state index in [4.69, 9.17) is 10.5 Å². The first-order valence-electron chi connectivity index (χ1n) is 10.3. The minimum atomic E-state index is -0.290. The SMILES string of the molecule is CN=C/C(=C\N)c1ccc(CNc2ccnc3nc(C(OC)c4ccccc4)[nH]c23)cc1. The molecule has 0 radical (unpaired) electrons. The van der Waals surface area contributed by atoms with Crippen LogP contribution in [0.2, 0.25) is 0 Å². The van der Waals surface area contributed by atoms with Crippen LogP contribution < -0.4 is 11.1 Å². The maximum atomic E-state index is 5.71. The van der Waals surface area contributed by atoms with E-state index in [1.54, 1.807) is 32.8 Å². The van der Waals surface area contributed by atoms with E-state index in [1.165, 1.54) is 0 Å². The highest BCUT2D eigenvalue weighted by atomic mass is 16.5. The summed E-state index contributed by atoms with van der Waals surface area (Å²) >= 11 is 0. The van der Waals surface area contributed by atoms with E-state index in [1.807, 2.05) is 48.5 Å². The number of hydrogen-bond donors (Lipinski definition) is 3. The van der Waals surface area contributed by atoms with Crippen molar-refractivity contribution < 1.29 is 4.74 Å². The number of aromatic amines is 1. The first kappa shape index (κ1) is 21.3. The molecule has 32 heavy (non-hydrogen) atoms. The topological polar surface area (TPSA) is 101 Å². The molecule has 2 aromatic carbocycles. The lowest BCUT2D eigenvalue weighted by Gasteiger charge is -2.12. The molecule has 2 heterocycles. The standard InChI is InChI=1S/C25H26N6O/c1-27-16-20(14-26)18-10-8-17(9-11-18)15-29-21-12-13-28-24-22(21)30-25(31-24)23(32-2)19-6-4-3-5-7-19/h3-14,16,23H,15,26H2,1-2H3,(H2,28,29,30,31)/b20-14+,27-16?. The first-order valence-corrected chi connectivity index (χ1v) is 10.3. The molecule has 7 nitrogen and oxygen atoms in total. The van der Waals surface area contributed by atoms with Gasteiger partial charge in [-0.05, 0) is 22.8 Å². The number of benzene rings is 2. The van der Waals surface area contributed by atoms with Crippen molar-refractivity contribution in [2.45, 2.75) is 12.6 Å². The molecule has 4 N–H and O–H groups in total. The molecule has 0 aliphatic rings. The summed E-state index contributed by atoms with van der Waals surface area (Å²) in [5, 5.41) is 3.48. The summed E-state index contributed by atoms with van der Waals surface area (Å²) in [6.07, 6.45) is 4.78. The number of aliphatic imine (C=N–C) groups is 1. The number of methoxy groups -OCH3 is 1. The Morgan fingerprint density at radius 1 is 1.16 bits per heavy atom. The Balaban J connectivity index is 1.54. The summed E-state index contributed by atoms with van der Waals surface area (Å²) in [5.74, 6) is 0.721. The van der Waals surface area contributed by atoms with Crippen molar-refractivity contribution in [3.63, 3.8) is 0 Å². The van der Waals surface area contributed by atoms with E-state index in [-0.39, 0.29) is 6.10 Å². The largest absolute Gasteiger partial charge is 0.404 e. The highest BCUT2D eigenvalue weighted by molar-refractivity contribution is 6.09. The number of pyridine rings is 1. The molecule has 1 unspecified atom stereocenters. The van der Waals surface area contributed by atoms with Crippen LogP contribution in [0.4, 0.5) is 5.69 Å². The number of anilines is 1. The predicted molar refractivity (Wildman–Crippen MR) is 130 cm³/mol. The Kier molecular flexibility index (Phi) is 6.57. The van der Waals surface area contributed by atoms with Crippen LogP contribution in [0.5, 0.6) is 0 Å². The Bertz CT molecular complexity index is 1230. The Morgan fingerprint density at radius 3 is 2.62 bits per heavy atom. The Morgan fingerprint density at radius 2 is 1.94 bits per heavy atom. The van der Waals surface area contributed by atoms with E-state index >= 15 is 0 Å². The van der Waals surface area contributed by atoms with Crippen LogP contribution in [-0.2, 0) is 11.3 Å². The fraction of sp³-hybridized carbons (Fsp3) is 0.160. The second kappa shape index (κ2) is 9.89. The van der Waals surface area contributed by atoms with E-state index in [9.17, 15) is 0 Å². The second-order valence-corrected chi connectivity index (χ2v) is 7.27. The van der Waals surface area contributed by atoms with Gasteiger partial charge in [0.25, 0.3) is 0 Å². The number of nitrogens with one attached hydrogen (secondary N) is 2. The molecule has 1 atom stereocenters. The smallest absolute Gasteiger partial charge is 0.179 e. The van der Waals surface area contributed by atoms with Gasteiger partial charge in [0.1, 0.15) is 17.4 Å². The minimum absolute atomic E-state index is 0.290. The maximum Gasteiger partial charge on any atom is 0.179 e. The van der Waals surface area contributed by atoms with Crippen LogP contribution in [0.1, 0.15) is 28.6 Å². The van der Waals surface area contributed by atoms with Crippen molar-refractivity contribution in [3.05, 3.63) is 95.6 Å². The van der Waals surface area contributed by atoms with Crippen molar-refractivity contribution in [2.24, 2.45) is 10.7 Å². The van der Waals surface area contributed by atoms with Crippen molar-refractivity contribution in [3.8, 4) is 0 Å². The van der Waals surface area contributed by atoms with E-state index in [0.717, 1.165) is 39.3 Å². The molecule has 4 aromatic rings. The van der Waals surface area contributed by atoms with Crippen LogP contribution in [0.15, 0.2) is 78.1 Å². The molecule has 0 saturated carbocycles. The lowest BCUT2D eigenvalue weighted by Crippen LogP contribution is -2.05. The average molecular weight is 427 g/mol. The molecule has 4 rings (SSSR count). The van der Waals surface area contributed by atoms with Crippen molar-refractivity contribution in [1.82, 2.24) is 15.0 Å². The molecular formula is C25H26N6O. The van der Waals surface area contributed by atoms with Gasteiger partial charge in [-0.25, -0.2) is 9.97 Å². The van der Waals surface area contributed by atoms with Crippen LogP contribution >= 0.6 is 0 Å². The lowest BCUT2D eigenvalue weighted by molar-refractivity contribution is 0.130. The summed E-state index contributed by atoms with van der Waals surface area (Å²) < 4.78 is 5.71. The Hall–Kier alpha value is -3.97. The fourth-order valence-corrected chi connectivity index (χ4v) is 3.60. The second-order valence-electron chi connectivity index (χ2n) is 7.27. The van der Waals surface area contributed by atoms with Crippen LogP contribution in [0.3, 0.4) is 0 Å². The fourth-order valence-electron chi connectivity index (χ4n) is 3.60. The van der Waals surface area contributed by atoms with Gasteiger partial charge in [-0.15, -0.1) is 0 Å². The third-order valence-corrected chi connectivity index (χ3v) is 5.21. The minimum Gasteiger partial charge on any atom is -0.404 e. The number of nitrogens with two attached hydrogens (primary N) is 1. The summed E-state index contributed by atoms with van der Waals surface area (Å²) in [7, 11) is 3.41. The summed E-state index contributed by atoms with van der Waals surface area (Å²) in [5.41, 5.74) is 12.2. The molecule has 0 aliphatic heterocycles. The van der Waals surface area contributed by atoms with Gasteiger partial charge < -0.3 is 20.8 Å². The van der Waals surface area contributed by atoms with Crippen molar-refractivity contribution >= 4 is 28.6 Å². The van der Waals surface area contributed by atoms with Crippen molar-refractivity contribution in [2.75, 3.05) is 19.5 Å². The molecule has 0 fully saturated rings. The molecule has 0 bridgehead atoms. The van der Waals surface area contributed by atoms with Gasteiger partial charge >= 0.3 is 0 Å². The number of rotatable bonds is 8. The monoisotopic (exact) mass is 426 g/mol. The zero-order valence-corrected chi connectivity index (χ0v) is 18.1. The molecule has 0 amide bonds. The zero-order chi connectivity index (χ0) is 22.3. The molecule has 0 saturated heterocycles. The number of allylic oxidation sites excluding steroid dienone is 1. The van der Waals surface area contributed by atoms with Gasteiger partial charge in [0.2, 0.25) is 0 Å². The predicted octanol–water partition coefficient (Wildman–Crippen LogP) is 4.31. The van der Waals surface area contributed by atoms with Gasteiger partial charge in [0.05, 0.1) is 5.69 Å². The first-order chi connectivity index (χ1) is 15.7. The van der Waals surface area contributed by atoms with E-state index in [2.05, 4.69) is 37.4 Å². The summed E-state index contributed by atoms with van der Waals surface area (Å²) in [6.45, 7) is 0.656. The van der Waals surface area contributed by atoms with Gasteiger partial charge in [0, 0.05) is 44.9 Å². The number of fused-ring (bicyclic) bond motifs is 1. The summed E-state index contributed by atoms with van der Waals surface area (Å²) in [4.78, 5) is 16.5. The number of nitrogens with zero attached hydrogens (tertiary/aromatic N) is 3. The van der Waals surface area contributed by atoms with Gasteiger partial charge in [-0.2, -0.15) is 0 Å². The average Bonchev–Trinajstić information content (AvgIpc) is 3.27. The lowest BCUT2D eigenvalue weighted by atomic mass is 10.1. The molecule has 0 aliphatic carbocycles. The Labute approximate surface area is 187 Å². The number of H-pyrrole nitrogens is 1. The number of imidazole rings is 1. The normalized spacial score (nSPS) is 13.0. The van der Waals surface area contributed by atoms with E-state index in [0.29, 0.717) is 12.2 Å². The number of ether oxygens (including phenoxy) is 1. The van der Waals surface area contributed by atoms with Gasteiger partial charge in [-0.1, -0.05) is 54.6 Å². The van der Waals surface area contributed by atoms with Crippen LogP contribution in [0, 0.1) is 0 Å². The van der Waals surface area contributed by atoms with Crippen LogP contribution in [0.25, 0.3) is 16.7 Å². The zero-order valence-electron chi connectivity index (χ0n) is 18.1. The van der Waals surface area contributed by atoms with Gasteiger partial charge in [-0.3, -0.25) is 4.99 Å². The van der Waals surface area contributed by atoms with Crippen molar-refractivity contribution in [1.29, 1.82) is 0 Å². The quantitative estimate of drug-likeness (QED) is 0.365. The molecule has 0 spiro atoms. The highest BCUT2D eigenvalue weighted by Gasteiger charge is 2.19. The molecule has 7 heteroatoms. The molecular weight excluding hydrogens is 400 g/mol. The third kappa shape index (κ3) is 4.53. The van der Waals surface area contributed by atoms with Crippen LogP contribution in [-0.4, -0.2) is 35.3 Å². The number of hydrogen-bond acceptors (Lipinski definition) is 6. The highest BCUT2D eigenvalue weighted by Crippen LogP contribution is 2.27. The summed E-state index contributed by atoms with van der Waals surface area (Å²) in [6, 6.07) is 20.2. The van der Waals surface area contributed by atoms with Gasteiger partial charge in [0.15, 0.2) is 5.65 Å². The maximum absolute atomic E-state index is 5.71.